The van der Waals surface area contributed by atoms with Crippen LogP contribution in [0.15, 0.2) is 59.7 Å². The molecule has 2 nitrogen and oxygen atoms in total. The van der Waals surface area contributed by atoms with Gasteiger partial charge >= 0.3 is 39.1 Å². The van der Waals surface area contributed by atoms with Crippen molar-refractivity contribution in [1.29, 1.82) is 0 Å². The van der Waals surface area contributed by atoms with Gasteiger partial charge in [-0.1, -0.05) is 90.5 Å². The summed E-state index contributed by atoms with van der Waals surface area (Å²) in [5.41, 5.74) is 21.5. The SMILES string of the molecule is CCCCCCc1cccc(C2=C(CCCC)C(CCCC)=C(c3ccc(CCCC)cc3)[N+]2=[N-])c1.C[CH2][Ni][CH2]C. The third-order valence-corrected chi connectivity index (χ3v) is 8.79. The Bertz CT molecular complexity index is 1090. The van der Waals surface area contributed by atoms with E-state index < -0.39 is 0 Å². The van der Waals surface area contributed by atoms with Crippen molar-refractivity contribution in [1.82, 2.24) is 0 Å². The number of hydrogen-bond acceptors (Lipinski definition) is 0. The van der Waals surface area contributed by atoms with E-state index in [1.54, 1.807) is 0 Å². The molecule has 0 bridgehead atoms. The Morgan fingerprint density at radius 2 is 1.07 bits per heavy atom. The predicted octanol–water partition coefficient (Wildman–Crippen LogP) is 12.6. The molecule has 1 aliphatic heterocycles. The summed E-state index contributed by atoms with van der Waals surface area (Å²) < 4.78 is 1.53. The van der Waals surface area contributed by atoms with Crippen LogP contribution in [0, 0.1) is 0 Å². The van der Waals surface area contributed by atoms with Crippen molar-refractivity contribution in [2.24, 2.45) is 0 Å². The van der Waals surface area contributed by atoms with Crippen molar-refractivity contribution in [3.63, 3.8) is 0 Å². The summed E-state index contributed by atoms with van der Waals surface area (Å²) in [4.78, 5) is 0. The van der Waals surface area contributed by atoms with Crippen LogP contribution in [0.25, 0.3) is 16.9 Å². The molecule has 0 spiro atoms. The van der Waals surface area contributed by atoms with Crippen LogP contribution >= 0.6 is 0 Å². The maximum atomic E-state index is 11.8. The standard InChI is InChI=1S/C34H48N2.2C2H5.Ni/c1-5-9-13-14-17-28-18-15-19-30(26-28)34-32(21-12-8-4)31(20-11-7-3)33(36(34)35)29-24-22-27(23-25-29)16-10-6-2;2*1-2;/h15,18-19,22-26H,5-14,16-17,20-21H2,1-4H3;2*1H2,2H3;. The van der Waals surface area contributed by atoms with Gasteiger partial charge in [-0.25, -0.2) is 4.70 Å². The van der Waals surface area contributed by atoms with Crippen molar-refractivity contribution in [2.45, 2.75) is 142 Å². The zero-order chi connectivity index (χ0) is 29.9. The Kier molecular flexibility index (Phi) is 17.9. The molecule has 3 heteroatoms. The average molecular weight is 602 g/mol. The molecular formula is C38H58N2Ni. The Hall–Kier alpha value is -1.99. The van der Waals surface area contributed by atoms with E-state index in [0.29, 0.717) is 0 Å². The van der Waals surface area contributed by atoms with Crippen LogP contribution in [0.2, 0.25) is 10.8 Å². The Morgan fingerprint density at radius 1 is 0.537 bits per heavy atom. The first-order valence-electron chi connectivity index (χ1n) is 16.6. The average Bonchev–Trinajstić information content (AvgIpc) is 3.27. The first-order valence-corrected chi connectivity index (χ1v) is 18.0. The van der Waals surface area contributed by atoms with Crippen molar-refractivity contribution >= 4 is 11.4 Å². The van der Waals surface area contributed by atoms with Gasteiger partial charge in [0.1, 0.15) is 0 Å². The fourth-order valence-electron chi connectivity index (χ4n) is 5.49. The molecule has 0 N–H and O–H groups in total. The van der Waals surface area contributed by atoms with Gasteiger partial charge in [-0.05, 0) is 86.8 Å². The normalized spacial score (nSPS) is 13.3. The van der Waals surface area contributed by atoms with E-state index >= 15 is 0 Å². The van der Waals surface area contributed by atoms with Crippen LogP contribution in [-0.2, 0) is 27.3 Å². The molecule has 0 radical (unpaired) electrons. The second-order valence-corrected chi connectivity index (χ2v) is 13.0. The number of rotatable bonds is 18. The van der Waals surface area contributed by atoms with E-state index in [1.807, 2.05) is 14.4 Å². The summed E-state index contributed by atoms with van der Waals surface area (Å²) >= 11 is 1.82. The molecular weight excluding hydrogens is 543 g/mol. The number of unbranched alkanes of at least 4 members (excludes halogenated alkanes) is 6. The van der Waals surface area contributed by atoms with Crippen molar-refractivity contribution < 1.29 is 19.1 Å². The molecule has 0 fully saturated rings. The van der Waals surface area contributed by atoms with E-state index in [1.165, 1.54) is 76.3 Å². The number of benzene rings is 2. The van der Waals surface area contributed by atoms with E-state index in [-0.39, 0.29) is 0 Å². The zero-order valence-corrected chi connectivity index (χ0v) is 28.1. The minimum atomic E-state index is 1.000. The molecule has 41 heavy (non-hydrogen) atoms. The van der Waals surface area contributed by atoms with E-state index in [0.717, 1.165) is 73.9 Å². The zero-order valence-electron chi connectivity index (χ0n) is 27.1. The molecule has 2 aromatic carbocycles. The van der Waals surface area contributed by atoms with Gasteiger partial charge < -0.3 is 5.53 Å². The predicted molar refractivity (Wildman–Crippen MR) is 177 cm³/mol. The molecule has 0 aliphatic carbocycles. The molecule has 0 saturated heterocycles. The van der Waals surface area contributed by atoms with E-state index in [2.05, 4.69) is 90.1 Å². The van der Waals surface area contributed by atoms with Gasteiger partial charge in [0.25, 0.3) is 0 Å². The molecule has 3 rings (SSSR count). The van der Waals surface area contributed by atoms with E-state index in [4.69, 9.17) is 0 Å². The van der Waals surface area contributed by atoms with Gasteiger partial charge in [0.15, 0.2) is 0 Å². The summed E-state index contributed by atoms with van der Waals surface area (Å²) in [5, 5.41) is 2.56. The number of allylic oxidation sites excluding steroid dienone is 2. The van der Waals surface area contributed by atoms with E-state index in [9.17, 15) is 5.53 Å². The van der Waals surface area contributed by atoms with Gasteiger partial charge in [0.05, 0.1) is 0 Å². The first-order chi connectivity index (χ1) is 20.1. The van der Waals surface area contributed by atoms with Crippen LogP contribution in [0.3, 0.4) is 0 Å². The monoisotopic (exact) mass is 600 g/mol. The summed E-state index contributed by atoms with van der Waals surface area (Å²) in [6.07, 6.45) is 16.4. The molecule has 1 heterocycles. The van der Waals surface area contributed by atoms with Gasteiger partial charge in [0, 0.05) is 22.3 Å². The topological polar surface area (TPSA) is 25.3 Å². The summed E-state index contributed by atoms with van der Waals surface area (Å²) in [5.74, 6) is 0. The molecule has 1 aliphatic rings. The third-order valence-electron chi connectivity index (χ3n) is 7.80. The quantitative estimate of drug-likeness (QED) is 0.0923. The van der Waals surface area contributed by atoms with Crippen LogP contribution in [0.4, 0.5) is 0 Å². The van der Waals surface area contributed by atoms with Gasteiger partial charge in [-0.2, -0.15) is 0 Å². The van der Waals surface area contributed by atoms with Crippen LogP contribution in [0.5, 0.6) is 0 Å². The van der Waals surface area contributed by atoms with Gasteiger partial charge in [-0.3, -0.25) is 0 Å². The van der Waals surface area contributed by atoms with Crippen LogP contribution in [0.1, 0.15) is 141 Å². The molecule has 230 valence electrons. The minimum absolute atomic E-state index is 1.000. The second kappa shape index (κ2) is 20.8. The van der Waals surface area contributed by atoms with Crippen molar-refractivity contribution in [3.05, 3.63) is 87.5 Å². The summed E-state index contributed by atoms with van der Waals surface area (Å²) in [6, 6.07) is 17.9. The number of hydrogen-bond donors (Lipinski definition) is 0. The molecule has 0 aromatic heterocycles. The maximum absolute atomic E-state index is 11.8. The molecule has 0 saturated carbocycles. The van der Waals surface area contributed by atoms with Gasteiger partial charge in [0.2, 0.25) is 11.4 Å². The Morgan fingerprint density at radius 3 is 1.61 bits per heavy atom. The fraction of sp³-hybridized carbons (Fsp3) is 0.579. The second-order valence-electron chi connectivity index (χ2n) is 11.1. The Labute approximate surface area is 259 Å². The number of aryl methyl sites for hydroxylation is 2. The van der Waals surface area contributed by atoms with Crippen molar-refractivity contribution in [3.8, 4) is 0 Å². The van der Waals surface area contributed by atoms with Crippen LogP contribution < -0.4 is 0 Å². The molecule has 0 atom stereocenters. The third kappa shape index (κ3) is 11.3. The van der Waals surface area contributed by atoms with Crippen LogP contribution in [-0.4, -0.2) is 4.70 Å². The Balaban J connectivity index is 0.00000108. The molecule has 0 unspecified atom stereocenters. The molecule has 0 amide bonds. The summed E-state index contributed by atoms with van der Waals surface area (Å²) in [6.45, 7) is 13.4. The summed E-state index contributed by atoms with van der Waals surface area (Å²) in [7, 11) is 0. The molecule has 2 aromatic rings. The number of nitrogens with zero attached hydrogens (tertiary/aromatic N) is 2. The fourth-order valence-corrected chi connectivity index (χ4v) is 5.98. The van der Waals surface area contributed by atoms with Gasteiger partial charge in [-0.15, -0.1) is 0 Å². The van der Waals surface area contributed by atoms with Crippen molar-refractivity contribution in [2.75, 3.05) is 0 Å². The first kappa shape index (κ1) is 35.2.